The number of aromatic nitrogens is 1. The van der Waals surface area contributed by atoms with Gasteiger partial charge in [-0.1, -0.05) is 0 Å². The van der Waals surface area contributed by atoms with Crippen molar-refractivity contribution in [3.05, 3.63) is 29.6 Å². The van der Waals surface area contributed by atoms with E-state index in [1.165, 1.54) is 6.26 Å². The molecule has 0 bridgehead atoms. The number of piperidine rings is 1. The van der Waals surface area contributed by atoms with Gasteiger partial charge in [0.25, 0.3) is 5.91 Å². The maximum absolute atomic E-state index is 12.7. The molecule has 0 aromatic carbocycles. The normalized spacial score (nSPS) is 25.9. The lowest BCUT2D eigenvalue weighted by Gasteiger charge is -2.44. The first kappa shape index (κ1) is 16.4. The van der Waals surface area contributed by atoms with Crippen molar-refractivity contribution in [3.63, 3.8) is 0 Å². The second kappa shape index (κ2) is 5.87. The molecule has 0 N–H and O–H groups in total. The van der Waals surface area contributed by atoms with Crippen LogP contribution in [0.15, 0.2) is 18.3 Å². The van der Waals surface area contributed by atoms with Crippen molar-refractivity contribution in [2.24, 2.45) is 0 Å². The first-order valence-electron chi connectivity index (χ1n) is 8.02. The predicted molar refractivity (Wildman–Crippen MR) is 87.6 cm³/mol. The zero-order valence-corrected chi connectivity index (χ0v) is 14.5. The molecule has 6 nitrogen and oxygen atoms in total. The molecule has 3 heterocycles. The average molecular weight is 337 g/mol. The van der Waals surface area contributed by atoms with Crippen LogP contribution in [0.25, 0.3) is 0 Å². The van der Waals surface area contributed by atoms with Gasteiger partial charge in [0.1, 0.15) is 0 Å². The quantitative estimate of drug-likeness (QED) is 0.818. The third kappa shape index (κ3) is 3.12. The topological polar surface area (TPSA) is 70.6 Å². The number of pyridine rings is 1. The van der Waals surface area contributed by atoms with Gasteiger partial charge in [-0.15, -0.1) is 0 Å². The second-order valence-corrected chi connectivity index (χ2v) is 8.59. The van der Waals surface area contributed by atoms with Gasteiger partial charge in [0, 0.05) is 31.5 Å². The molecule has 1 aromatic heterocycles. The summed E-state index contributed by atoms with van der Waals surface area (Å²) in [5.41, 5.74) is 1.02. The van der Waals surface area contributed by atoms with E-state index in [-0.39, 0.29) is 5.91 Å². The van der Waals surface area contributed by atoms with Crippen LogP contribution in [0.3, 0.4) is 0 Å². The molecule has 2 fully saturated rings. The number of sulfonamides is 1. The van der Waals surface area contributed by atoms with Crippen LogP contribution in [-0.4, -0.2) is 59.9 Å². The fraction of sp³-hybridized carbons (Fsp3) is 0.625. The number of carbonyl (C=O) groups is 1. The van der Waals surface area contributed by atoms with Gasteiger partial charge in [-0.2, -0.15) is 4.31 Å². The van der Waals surface area contributed by atoms with Gasteiger partial charge in [0.2, 0.25) is 10.0 Å². The van der Waals surface area contributed by atoms with Crippen LogP contribution in [0.1, 0.15) is 41.7 Å². The van der Waals surface area contributed by atoms with E-state index in [9.17, 15) is 13.2 Å². The monoisotopic (exact) mass is 337 g/mol. The predicted octanol–water partition coefficient (Wildman–Crippen LogP) is 1.42. The molecule has 7 heteroatoms. The van der Waals surface area contributed by atoms with Crippen molar-refractivity contribution in [3.8, 4) is 0 Å². The summed E-state index contributed by atoms with van der Waals surface area (Å²) >= 11 is 0. The maximum atomic E-state index is 12.7. The fourth-order valence-corrected chi connectivity index (χ4v) is 5.31. The third-order valence-corrected chi connectivity index (χ3v) is 6.30. The zero-order chi connectivity index (χ0) is 16.7. The van der Waals surface area contributed by atoms with Gasteiger partial charge in [-0.05, 0) is 44.7 Å². The lowest BCUT2D eigenvalue weighted by Crippen LogP contribution is -2.58. The molecule has 3 rings (SSSR count). The van der Waals surface area contributed by atoms with Crippen LogP contribution in [0.5, 0.6) is 0 Å². The molecule has 1 aromatic rings. The summed E-state index contributed by atoms with van der Waals surface area (Å²) in [7, 11) is -3.25. The largest absolute Gasteiger partial charge is 0.337 e. The van der Waals surface area contributed by atoms with E-state index in [1.54, 1.807) is 21.5 Å². The van der Waals surface area contributed by atoms with Gasteiger partial charge < -0.3 is 4.90 Å². The minimum atomic E-state index is -3.25. The Bertz CT molecular complexity index is 702. The highest BCUT2D eigenvalue weighted by atomic mass is 32.2. The minimum absolute atomic E-state index is 0.0584. The molecule has 23 heavy (non-hydrogen) atoms. The second-order valence-electron chi connectivity index (χ2n) is 6.68. The molecular formula is C16H23N3O3S. The number of amides is 1. The summed E-state index contributed by atoms with van der Waals surface area (Å²) < 4.78 is 25.8. The first-order valence-corrected chi connectivity index (χ1v) is 9.86. The van der Waals surface area contributed by atoms with Crippen molar-refractivity contribution in [2.75, 3.05) is 25.9 Å². The van der Waals surface area contributed by atoms with Gasteiger partial charge in [0.15, 0.2) is 0 Å². The summed E-state index contributed by atoms with van der Waals surface area (Å²) in [6.07, 6.45) is 6.22. The number of hydrogen-bond acceptors (Lipinski definition) is 4. The number of carbonyl (C=O) groups excluding carboxylic acids is 1. The van der Waals surface area contributed by atoms with Crippen molar-refractivity contribution in [1.82, 2.24) is 14.2 Å². The van der Waals surface area contributed by atoms with E-state index < -0.39 is 15.6 Å². The molecular weight excluding hydrogens is 314 g/mol. The Morgan fingerprint density at radius 1 is 1.22 bits per heavy atom. The average Bonchev–Trinajstić information content (AvgIpc) is 2.90. The Morgan fingerprint density at radius 2 is 1.91 bits per heavy atom. The fourth-order valence-electron chi connectivity index (χ4n) is 3.90. The van der Waals surface area contributed by atoms with E-state index in [2.05, 4.69) is 4.98 Å². The molecule has 0 unspecified atom stereocenters. The minimum Gasteiger partial charge on any atom is -0.337 e. The van der Waals surface area contributed by atoms with Crippen molar-refractivity contribution < 1.29 is 13.2 Å². The van der Waals surface area contributed by atoms with Gasteiger partial charge in [-0.3, -0.25) is 9.78 Å². The smallest absolute Gasteiger partial charge is 0.255 e. The summed E-state index contributed by atoms with van der Waals surface area (Å²) in [6, 6.07) is 3.61. The lowest BCUT2D eigenvalue weighted by atomic mass is 9.87. The number of hydrogen-bond donors (Lipinski definition) is 0. The number of likely N-dealkylation sites (tertiary alicyclic amines) is 1. The highest BCUT2D eigenvalue weighted by molar-refractivity contribution is 7.88. The summed E-state index contributed by atoms with van der Waals surface area (Å²) in [5, 5.41) is 0. The molecule has 0 saturated carbocycles. The van der Waals surface area contributed by atoms with Crippen molar-refractivity contribution in [2.45, 2.75) is 38.1 Å². The third-order valence-electron chi connectivity index (χ3n) is 4.93. The Labute approximate surface area is 137 Å². The number of nitrogens with zero attached hydrogens (tertiary/aromatic N) is 3. The number of rotatable bonds is 2. The molecule has 126 valence electrons. The Hall–Kier alpha value is -1.47. The van der Waals surface area contributed by atoms with Crippen LogP contribution in [0.2, 0.25) is 0 Å². The Kier molecular flexibility index (Phi) is 4.18. The molecule has 0 radical (unpaired) electrons. The molecule has 2 saturated heterocycles. The van der Waals surface area contributed by atoms with Gasteiger partial charge in [0.05, 0.1) is 17.4 Å². The summed E-state index contributed by atoms with van der Waals surface area (Å²) in [5.74, 6) is -0.0584. The van der Waals surface area contributed by atoms with Crippen LogP contribution >= 0.6 is 0 Å². The molecule has 1 spiro atoms. The molecule has 1 atom stereocenters. The van der Waals surface area contributed by atoms with Crippen LogP contribution in [0.4, 0.5) is 0 Å². The molecule has 0 aliphatic carbocycles. The van der Waals surface area contributed by atoms with E-state index in [1.807, 2.05) is 13.0 Å². The zero-order valence-electron chi connectivity index (χ0n) is 13.7. The Balaban J connectivity index is 1.83. The van der Waals surface area contributed by atoms with E-state index in [0.717, 1.165) is 31.4 Å². The first-order chi connectivity index (χ1) is 10.8. The van der Waals surface area contributed by atoms with Crippen LogP contribution in [0, 0.1) is 6.92 Å². The van der Waals surface area contributed by atoms with E-state index in [4.69, 9.17) is 0 Å². The van der Waals surface area contributed by atoms with Crippen molar-refractivity contribution in [1.29, 1.82) is 0 Å². The summed E-state index contributed by atoms with van der Waals surface area (Å²) in [4.78, 5) is 18.7. The Morgan fingerprint density at radius 3 is 2.52 bits per heavy atom. The van der Waals surface area contributed by atoms with Crippen LogP contribution in [-0.2, 0) is 10.0 Å². The SMILES string of the molecule is Cc1ccc(C(=O)N2CCC[C@]3(CCCN3S(C)(=O)=O)C2)cn1. The molecule has 2 aliphatic rings. The van der Waals surface area contributed by atoms with E-state index in [0.29, 0.717) is 25.2 Å². The van der Waals surface area contributed by atoms with Gasteiger partial charge >= 0.3 is 0 Å². The van der Waals surface area contributed by atoms with Gasteiger partial charge in [-0.25, -0.2) is 8.42 Å². The molecule has 1 amide bonds. The summed E-state index contributed by atoms with van der Waals surface area (Å²) in [6.45, 7) is 3.60. The highest BCUT2D eigenvalue weighted by Gasteiger charge is 2.48. The van der Waals surface area contributed by atoms with Crippen LogP contribution < -0.4 is 0 Å². The van der Waals surface area contributed by atoms with E-state index >= 15 is 0 Å². The van der Waals surface area contributed by atoms with Crippen molar-refractivity contribution >= 4 is 15.9 Å². The standard InChI is InChI=1S/C16H23N3O3S/c1-13-5-6-14(11-17-13)15(20)18-9-3-7-16(12-18)8-4-10-19(16)23(2,21)22/h5-6,11H,3-4,7-10,12H2,1-2H3/t16-/m0/s1. The highest BCUT2D eigenvalue weighted by Crippen LogP contribution is 2.39. The maximum Gasteiger partial charge on any atom is 0.255 e. The molecule has 2 aliphatic heterocycles. The lowest BCUT2D eigenvalue weighted by molar-refractivity contribution is 0.0524. The number of aryl methyl sites for hydroxylation is 1.